The molecular weight excluding hydrogens is 198 g/mol. The monoisotopic (exact) mass is 213 g/mol. The number of aliphatic hydroxyl groups is 1. The molecule has 1 fully saturated rings. The molecule has 0 bridgehead atoms. The maximum absolute atomic E-state index is 9.92. The standard InChI is InChI=1S/C9H15N3OS/c1-9(13)3-2-4-12(6-9)8-5-7(10)11-14-8/h5,13H,2-4,6H2,1H3,(H2,10,11). The zero-order valence-corrected chi connectivity index (χ0v) is 9.05. The summed E-state index contributed by atoms with van der Waals surface area (Å²) in [7, 11) is 0. The van der Waals surface area contributed by atoms with Crippen LogP contribution in [-0.4, -0.2) is 28.2 Å². The van der Waals surface area contributed by atoms with E-state index < -0.39 is 5.60 Å². The molecule has 1 aromatic heterocycles. The van der Waals surface area contributed by atoms with Crippen molar-refractivity contribution in [2.45, 2.75) is 25.4 Å². The minimum absolute atomic E-state index is 0.565. The van der Waals surface area contributed by atoms with Crippen LogP contribution in [0.25, 0.3) is 0 Å². The van der Waals surface area contributed by atoms with Crippen LogP contribution in [0.4, 0.5) is 10.8 Å². The van der Waals surface area contributed by atoms with Gasteiger partial charge in [-0.3, -0.25) is 0 Å². The van der Waals surface area contributed by atoms with Crippen molar-refractivity contribution in [3.05, 3.63) is 6.07 Å². The van der Waals surface area contributed by atoms with Gasteiger partial charge in [-0.2, -0.15) is 4.37 Å². The molecule has 14 heavy (non-hydrogen) atoms. The lowest BCUT2D eigenvalue weighted by Gasteiger charge is -2.37. The van der Waals surface area contributed by atoms with Crippen LogP contribution in [0, 0.1) is 0 Å². The molecule has 0 aliphatic carbocycles. The van der Waals surface area contributed by atoms with E-state index in [-0.39, 0.29) is 0 Å². The third kappa shape index (κ3) is 1.99. The number of nitrogens with zero attached hydrogens (tertiary/aromatic N) is 2. The first-order valence-corrected chi connectivity index (χ1v) is 5.54. The molecule has 2 rings (SSSR count). The lowest BCUT2D eigenvalue weighted by Crippen LogP contribution is -2.45. The second-order valence-electron chi connectivity index (χ2n) is 4.11. The van der Waals surface area contributed by atoms with Crippen molar-refractivity contribution in [2.75, 3.05) is 23.7 Å². The Kier molecular flexibility index (Phi) is 2.36. The second-order valence-corrected chi connectivity index (χ2v) is 4.90. The quantitative estimate of drug-likeness (QED) is 0.732. The largest absolute Gasteiger partial charge is 0.388 e. The van der Waals surface area contributed by atoms with Gasteiger partial charge in [0.05, 0.1) is 5.60 Å². The van der Waals surface area contributed by atoms with E-state index in [4.69, 9.17) is 5.73 Å². The van der Waals surface area contributed by atoms with Crippen molar-refractivity contribution >= 4 is 22.4 Å². The first-order valence-electron chi connectivity index (χ1n) is 4.76. The fraction of sp³-hybridized carbons (Fsp3) is 0.667. The van der Waals surface area contributed by atoms with Gasteiger partial charge in [0.15, 0.2) is 0 Å². The fourth-order valence-electron chi connectivity index (χ4n) is 1.84. The molecule has 0 amide bonds. The van der Waals surface area contributed by atoms with Gasteiger partial charge in [0.2, 0.25) is 0 Å². The van der Waals surface area contributed by atoms with Crippen molar-refractivity contribution in [3.8, 4) is 0 Å². The Labute approximate surface area is 87.5 Å². The topological polar surface area (TPSA) is 62.4 Å². The Bertz CT molecular complexity index is 324. The van der Waals surface area contributed by atoms with E-state index in [1.54, 1.807) is 0 Å². The highest BCUT2D eigenvalue weighted by molar-refractivity contribution is 7.10. The Morgan fingerprint density at radius 2 is 2.50 bits per heavy atom. The minimum atomic E-state index is -0.572. The highest BCUT2D eigenvalue weighted by Gasteiger charge is 2.29. The molecule has 0 aromatic carbocycles. The average molecular weight is 213 g/mol. The van der Waals surface area contributed by atoms with Crippen LogP contribution in [0.15, 0.2) is 6.07 Å². The van der Waals surface area contributed by atoms with Crippen LogP contribution in [0.2, 0.25) is 0 Å². The molecule has 0 radical (unpaired) electrons. The first-order chi connectivity index (χ1) is 6.57. The molecule has 1 aromatic rings. The number of nitrogens with two attached hydrogens (primary N) is 1. The molecule has 5 heteroatoms. The normalized spacial score (nSPS) is 28.0. The molecule has 0 spiro atoms. The van der Waals surface area contributed by atoms with Gasteiger partial charge < -0.3 is 15.7 Å². The Morgan fingerprint density at radius 3 is 3.07 bits per heavy atom. The molecule has 1 aliphatic heterocycles. The molecule has 78 valence electrons. The van der Waals surface area contributed by atoms with Gasteiger partial charge in [0, 0.05) is 19.2 Å². The summed E-state index contributed by atoms with van der Waals surface area (Å²) in [6.07, 6.45) is 1.89. The first kappa shape index (κ1) is 9.73. The molecule has 1 aliphatic rings. The molecule has 0 saturated carbocycles. The summed E-state index contributed by atoms with van der Waals surface area (Å²) in [6, 6.07) is 1.87. The number of nitrogen functional groups attached to an aromatic ring is 1. The van der Waals surface area contributed by atoms with E-state index in [0.29, 0.717) is 12.4 Å². The van der Waals surface area contributed by atoms with E-state index in [2.05, 4.69) is 9.27 Å². The predicted octanol–water partition coefficient (Wildman–Crippen LogP) is 1.08. The van der Waals surface area contributed by atoms with E-state index in [0.717, 1.165) is 24.4 Å². The van der Waals surface area contributed by atoms with Gasteiger partial charge in [-0.15, -0.1) is 0 Å². The van der Waals surface area contributed by atoms with E-state index in [9.17, 15) is 5.11 Å². The molecule has 3 N–H and O–H groups in total. The Morgan fingerprint density at radius 1 is 1.71 bits per heavy atom. The van der Waals surface area contributed by atoms with Crippen LogP contribution in [0.1, 0.15) is 19.8 Å². The fourth-order valence-corrected chi connectivity index (χ4v) is 2.53. The van der Waals surface area contributed by atoms with E-state index >= 15 is 0 Å². The number of anilines is 2. The van der Waals surface area contributed by atoms with Crippen molar-refractivity contribution in [1.82, 2.24) is 4.37 Å². The summed E-state index contributed by atoms with van der Waals surface area (Å²) in [5.74, 6) is 0.565. The van der Waals surface area contributed by atoms with Crippen LogP contribution < -0.4 is 10.6 Å². The smallest absolute Gasteiger partial charge is 0.139 e. The number of hydrogen-bond acceptors (Lipinski definition) is 5. The lowest BCUT2D eigenvalue weighted by atomic mass is 9.95. The summed E-state index contributed by atoms with van der Waals surface area (Å²) in [5.41, 5.74) is 4.99. The van der Waals surface area contributed by atoms with Crippen molar-refractivity contribution in [1.29, 1.82) is 0 Å². The number of rotatable bonds is 1. The minimum Gasteiger partial charge on any atom is -0.388 e. The maximum Gasteiger partial charge on any atom is 0.139 e. The summed E-state index contributed by atoms with van der Waals surface area (Å²) >= 11 is 1.40. The Hall–Kier alpha value is -0.810. The second kappa shape index (κ2) is 3.40. The Balaban J connectivity index is 2.12. The van der Waals surface area contributed by atoms with Crippen molar-refractivity contribution in [3.63, 3.8) is 0 Å². The van der Waals surface area contributed by atoms with Gasteiger partial charge >= 0.3 is 0 Å². The SMILES string of the molecule is CC1(O)CCCN(c2cc(N)ns2)C1. The molecule has 1 saturated heterocycles. The summed E-state index contributed by atoms with van der Waals surface area (Å²) in [6.45, 7) is 3.54. The number of β-amino-alcohol motifs (C(OH)–C–C–N with tert-alkyl or cyclic N) is 1. The average Bonchev–Trinajstić information content (AvgIpc) is 2.50. The van der Waals surface area contributed by atoms with Gasteiger partial charge in [-0.1, -0.05) is 0 Å². The number of hydrogen-bond donors (Lipinski definition) is 2. The van der Waals surface area contributed by atoms with Crippen molar-refractivity contribution < 1.29 is 5.11 Å². The predicted molar refractivity (Wildman–Crippen MR) is 58.6 cm³/mol. The zero-order valence-electron chi connectivity index (χ0n) is 8.23. The molecule has 1 atom stereocenters. The molecule has 4 nitrogen and oxygen atoms in total. The van der Waals surface area contributed by atoms with Gasteiger partial charge in [0.25, 0.3) is 0 Å². The maximum atomic E-state index is 9.92. The van der Waals surface area contributed by atoms with Crippen LogP contribution >= 0.6 is 11.5 Å². The van der Waals surface area contributed by atoms with E-state index in [1.807, 2.05) is 13.0 Å². The van der Waals surface area contributed by atoms with Gasteiger partial charge in [-0.25, -0.2) is 0 Å². The summed E-state index contributed by atoms with van der Waals surface area (Å²) in [4.78, 5) is 2.15. The van der Waals surface area contributed by atoms with Crippen LogP contribution in [0.5, 0.6) is 0 Å². The number of aromatic nitrogens is 1. The van der Waals surface area contributed by atoms with Crippen LogP contribution in [0.3, 0.4) is 0 Å². The highest BCUT2D eigenvalue weighted by Crippen LogP contribution is 2.29. The summed E-state index contributed by atoms with van der Waals surface area (Å²) in [5, 5.41) is 11.0. The molecule has 2 heterocycles. The van der Waals surface area contributed by atoms with Gasteiger partial charge in [-0.05, 0) is 31.3 Å². The molecular formula is C9H15N3OS. The third-order valence-electron chi connectivity index (χ3n) is 2.50. The summed E-state index contributed by atoms with van der Waals surface area (Å²) < 4.78 is 4.04. The third-order valence-corrected chi connectivity index (χ3v) is 3.37. The highest BCUT2D eigenvalue weighted by atomic mass is 32.1. The van der Waals surface area contributed by atoms with Crippen molar-refractivity contribution in [2.24, 2.45) is 0 Å². The molecule has 1 unspecified atom stereocenters. The van der Waals surface area contributed by atoms with E-state index in [1.165, 1.54) is 11.5 Å². The number of piperidine rings is 1. The van der Waals surface area contributed by atoms with Gasteiger partial charge in [0.1, 0.15) is 10.8 Å². The zero-order chi connectivity index (χ0) is 10.2. The van der Waals surface area contributed by atoms with Crippen LogP contribution in [-0.2, 0) is 0 Å². The lowest BCUT2D eigenvalue weighted by molar-refractivity contribution is 0.0451.